The van der Waals surface area contributed by atoms with Crippen LogP contribution in [0.25, 0.3) is 0 Å². The van der Waals surface area contributed by atoms with E-state index in [9.17, 15) is 9.59 Å². The number of nitrogens with zero attached hydrogens (tertiary/aromatic N) is 1. The van der Waals surface area contributed by atoms with Gasteiger partial charge in [-0.3, -0.25) is 4.79 Å². The zero-order valence-electron chi connectivity index (χ0n) is 14.6. The second-order valence-corrected chi connectivity index (χ2v) is 7.43. The van der Waals surface area contributed by atoms with Crippen LogP contribution in [0.2, 0.25) is 0 Å². The molecule has 1 saturated heterocycles. The Morgan fingerprint density at radius 2 is 1.88 bits per heavy atom. The number of urea groups is 1. The lowest BCUT2D eigenvalue weighted by atomic mass is 10.0. The minimum absolute atomic E-state index is 0.0512. The van der Waals surface area contributed by atoms with Crippen LogP contribution in [0.5, 0.6) is 0 Å². The molecule has 0 radical (unpaired) electrons. The molecule has 0 bridgehead atoms. The zero-order valence-corrected chi connectivity index (χ0v) is 15.4. The smallest absolute Gasteiger partial charge is 0.312 e. The molecule has 7 heteroatoms. The van der Waals surface area contributed by atoms with Crippen molar-refractivity contribution in [1.82, 2.24) is 10.2 Å². The summed E-state index contributed by atoms with van der Waals surface area (Å²) in [6.07, 6.45) is 2.06. The molecule has 138 valence electrons. The number of rotatable bonds is 6. The molecule has 26 heavy (non-hydrogen) atoms. The van der Waals surface area contributed by atoms with Crippen molar-refractivity contribution in [2.24, 2.45) is 5.73 Å². The molecule has 3 amide bonds. The van der Waals surface area contributed by atoms with Crippen molar-refractivity contribution >= 4 is 29.0 Å². The quantitative estimate of drug-likeness (QED) is 0.728. The molecule has 0 saturated carbocycles. The molecule has 1 aliphatic rings. The first-order valence-electron chi connectivity index (χ1n) is 8.80. The van der Waals surface area contributed by atoms with E-state index in [1.54, 1.807) is 0 Å². The number of hydrogen-bond acceptors (Lipinski definition) is 4. The molecule has 1 unspecified atom stereocenters. The van der Waals surface area contributed by atoms with Crippen LogP contribution in [0.1, 0.15) is 30.2 Å². The fourth-order valence-electron chi connectivity index (χ4n) is 3.23. The summed E-state index contributed by atoms with van der Waals surface area (Å²) in [4.78, 5) is 26.8. The number of primary amides is 1. The van der Waals surface area contributed by atoms with E-state index in [0.29, 0.717) is 6.04 Å². The Morgan fingerprint density at radius 1 is 1.15 bits per heavy atom. The van der Waals surface area contributed by atoms with Crippen molar-refractivity contribution in [2.45, 2.75) is 31.3 Å². The topological polar surface area (TPSA) is 87.5 Å². The summed E-state index contributed by atoms with van der Waals surface area (Å²) < 4.78 is 0. The van der Waals surface area contributed by atoms with Crippen LogP contribution in [-0.4, -0.2) is 36.0 Å². The fraction of sp³-hybridized carbons (Fsp3) is 0.368. The number of nitrogens with one attached hydrogen (secondary N) is 2. The summed E-state index contributed by atoms with van der Waals surface area (Å²) in [5, 5.41) is 8.13. The van der Waals surface area contributed by atoms with Crippen molar-refractivity contribution in [1.29, 1.82) is 0 Å². The Kier molecular flexibility index (Phi) is 6.12. The van der Waals surface area contributed by atoms with E-state index >= 15 is 0 Å². The van der Waals surface area contributed by atoms with Gasteiger partial charge >= 0.3 is 6.03 Å². The van der Waals surface area contributed by atoms with Crippen LogP contribution in [0.4, 0.5) is 10.5 Å². The van der Waals surface area contributed by atoms with Crippen LogP contribution in [0.15, 0.2) is 47.8 Å². The molecule has 2 heterocycles. The van der Waals surface area contributed by atoms with Gasteiger partial charge in [0.15, 0.2) is 0 Å². The molecule has 0 aliphatic carbocycles. The highest BCUT2D eigenvalue weighted by Gasteiger charge is 2.26. The minimum Gasteiger partial charge on any atom is -0.382 e. The fourth-order valence-corrected chi connectivity index (χ4v) is 4.01. The van der Waals surface area contributed by atoms with Gasteiger partial charge in [-0.1, -0.05) is 24.3 Å². The SMILES string of the molecule is NC(=O)NC(CC(=O)N1CCC(Nc2ccccc2)CC1)c1cccs1. The highest BCUT2D eigenvalue weighted by molar-refractivity contribution is 7.10. The van der Waals surface area contributed by atoms with E-state index in [1.807, 2.05) is 40.6 Å². The van der Waals surface area contributed by atoms with E-state index in [0.717, 1.165) is 36.5 Å². The van der Waals surface area contributed by atoms with Crippen molar-refractivity contribution < 1.29 is 9.59 Å². The van der Waals surface area contributed by atoms with E-state index in [2.05, 4.69) is 22.8 Å². The maximum Gasteiger partial charge on any atom is 0.312 e. The number of amides is 3. The molecule has 4 N–H and O–H groups in total. The maximum absolute atomic E-state index is 12.7. The van der Waals surface area contributed by atoms with Crippen LogP contribution in [0.3, 0.4) is 0 Å². The monoisotopic (exact) mass is 372 g/mol. The third-order valence-corrected chi connectivity index (χ3v) is 5.56. The Hall–Kier alpha value is -2.54. The molecule has 1 aromatic heterocycles. The second kappa shape index (κ2) is 8.71. The lowest BCUT2D eigenvalue weighted by Crippen LogP contribution is -2.44. The summed E-state index contributed by atoms with van der Waals surface area (Å²) in [5.74, 6) is 0.0512. The van der Waals surface area contributed by atoms with Gasteiger partial charge in [0.25, 0.3) is 0 Å². The third-order valence-electron chi connectivity index (χ3n) is 4.57. The highest BCUT2D eigenvalue weighted by Crippen LogP contribution is 2.24. The molecule has 3 rings (SSSR count). The third kappa shape index (κ3) is 4.98. The van der Waals surface area contributed by atoms with Crippen molar-refractivity contribution in [3.63, 3.8) is 0 Å². The average Bonchev–Trinajstić information content (AvgIpc) is 3.17. The number of anilines is 1. The Morgan fingerprint density at radius 3 is 2.50 bits per heavy atom. The lowest BCUT2D eigenvalue weighted by Gasteiger charge is -2.33. The van der Waals surface area contributed by atoms with Gasteiger partial charge in [-0.25, -0.2) is 4.79 Å². The number of nitrogens with two attached hydrogens (primary N) is 1. The maximum atomic E-state index is 12.7. The van der Waals surface area contributed by atoms with E-state index in [4.69, 9.17) is 5.73 Å². The minimum atomic E-state index is -0.609. The van der Waals surface area contributed by atoms with Crippen molar-refractivity contribution in [3.8, 4) is 0 Å². The molecular weight excluding hydrogens is 348 g/mol. The van der Waals surface area contributed by atoms with E-state index < -0.39 is 6.03 Å². The number of carbonyl (C=O) groups is 2. The van der Waals surface area contributed by atoms with Gasteiger partial charge in [0.05, 0.1) is 12.5 Å². The van der Waals surface area contributed by atoms with Crippen molar-refractivity contribution in [2.75, 3.05) is 18.4 Å². The molecule has 1 aromatic carbocycles. The van der Waals surface area contributed by atoms with Crippen molar-refractivity contribution in [3.05, 3.63) is 52.7 Å². The Labute approximate surface area is 157 Å². The predicted molar refractivity (Wildman–Crippen MR) is 104 cm³/mol. The highest BCUT2D eigenvalue weighted by atomic mass is 32.1. The molecule has 1 fully saturated rings. The first kappa shape index (κ1) is 18.3. The van der Waals surface area contributed by atoms with Crippen LogP contribution >= 0.6 is 11.3 Å². The number of likely N-dealkylation sites (tertiary alicyclic amines) is 1. The molecule has 1 atom stereocenters. The summed E-state index contributed by atoms with van der Waals surface area (Å²) in [6, 6.07) is 13.3. The molecule has 0 spiro atoms. The summed E-state index contributed by atoms with van der Waals surface area (Å²) in [6.45, 7) is 1.44. The van der Waals surface area contributed by atoms with Gasteiger partial charge in [-0.05, 0) is 36.4 Å². The number of carbonyl (C=O) groups excluding carboxylic acids is 2. The normalized spacial score (nSPS) is 16.1. The largest absolute Gasteiger partial charge is 0.382 e. The zero-order chi connectivity index (χ0) is 18.4. The number of hydrogen-bond donors (Lipinski definition) is 3. The molecule has 2 aromatic rings. The second-order valence-electron chi connectivity index (χ2n) is 6.45. The first-order valence-corrected chi connectivity index (χ1v) is 9.68. The molecule has 6 nitrogen and oxygen atoms in total. The van der Waals surface area contributed by atoms with Gasteiger partial charge in [-0.15, -0.1) is 11.3 Å². The first-order chi connectivity index (χ1) is 12.6. The standard InChI is InChI=1S/C19H24N4O2S/c20-19(25)22-16(17-7-4-12-26-17)13-18(24)23-10-8-15(9-11-23)21-14-5-2-1-3-6-14/h1-7,12,15-16,21H,8-11,13H2,(H3,20,22,25). The predicted octanol–water partition coefficient (Wildman–Crippen LogP) is 2.95. The lowest BCUT2D eigenvalue weighted by molar-refractivity contribution is -0.132. The molecular formula is C19H24N4O2S. The van der Waals surface area contributed by atoms with Gasteiger partial charge < -0.3 is 21.3 Å². The van der Waals surface area contributed by atoms with Gasteiger partial charge in [0.2, 0.25) is 5.91 Å². The number of benzene rings is 1. The van der Waals surface area contributed by atoms with Gasteiger partial charge in [-0.2, -0.15) is 0 Å². The summed E-state index contributed by atoms with van der Waals surface area (Å²) >= 11 is 1.51. The van der Waals surface area contributed by atoms with Crippen LogP contribution in [-0.2, 0) is 4.79 Å². The van der Waals surface area contributed by atoms with Gasteiger partial charge in [0.1, 0.15) is 0 Å². The summed E-state index contributed by atoms with van der Waals surface area (Å²) in [7, 11) is 0. The van der Waals surface area contributed by atoms with E-state index in [1.165, 1.54) is 11.3 Å². The number of thiophene rings is 1. The van der Waals surface area contributed by atoms with Gasteiger partial charge in [0, 0.05) is 29.7 Å². The summed E-state index contributed by atoms with van der Waals surface area (Å²) in [5.41, 5.74) is 6.38. The number of para-hydroxylation sites is 1. The molecule has 1 aliphatic heterocycles. The average molecular weight is 372 g/mol. The van der Waals surface area contributed by atoms with E-state index in [-0.39, 0.29) is 18.4 Å². The number of piperidine rings is 1. The Balaban J connectivity index is 1.51. The van der Waals surface area contributed by atoms with Crippen LogP contribution in [0, 0.1) is 0 Å². The Bertz CT molecular complexity index is 712. The van der Waals surface area contributed by atoms with Crippen LogP contribution < -0.4 is 16.4 Å².